The average Bonchev–Trinajstić information content (AvgIpc) is 1.27. The molecule has 27 N–H and O–H groups in total. The van der Waals surface area contributed by atoms with Crippen molar-refractivity contribution in [2.75, 3.05) is 0 Å². The van der Waals surface area contributed by atoms with Crippen molar-refractivity contribution >= 4 is 7.82 Å². The molecule has 0 atom stereocenters. The molecule has 148 valence electrons. The van der Waals surface area contributed by atoms with Gasteiger partial charge in [0.1, 0.15) is 0 Å². The van der Waals surface area contributed by atoms with Crippen LogP contribution in [0.5, 0.6) is 0 Å². The van der Waals surface area contributed by atoms with E-state index >= 15 is 0 Å². The fourth-order valence-corrected chi connectivity index (χ4v) is 0. The Kier molecular flexibility index (Phi) is 1520. The van der Waals surface area contributed by atoms with Gasteiger partial charge in [0.25, 0.3) is 0 Å². The van der Waals surface area contributed by atoms with Crippen LogP contribution in [0, 0.1) is 11.3 Å². The van der Waals surface area contributed by atoms with E-state index in [9.17, 15) is 0 Å². The number of nitrogens with zero attached hydrogens (tertiary/aromatic N) is 1. The van der Waals surface area contributed by atoms with Crippen LogP contribution in [0.4, 0.5) is 0 Å². The summed E-state index contributed by atoms with van der Waals surface area (Å²) in [6.07, 6.45) is 0. The number of rotatable bonds is 0. The number of hydrogen-bond acceptors (Lipinski definition) is 2. The third-order valence-corrected chi connectivity index (χ3v) is 0. The largest absolute Gasteiger partial charge is 1.00 e. The van der Waals surface area contributed by atoms with Crippen molar-refractivity contribution in [2.24, 2.45) is 0 Å². The van der Waals surface area contributed by atoms with E-state index in [1.807, 2.05) is 0 Å². The van der Waals surface area contributed by atoms with Gasteiger partial charge in [-0.3, -0.25) is 0 Å². The fraction of sp³-hybridized carbons (Fsp3) is 0.500. The topological polar surface area (TPSA) is 480 Å². The summed E-state index contributed by atoms with van der Waals surface area (Å²) >= 11 is 0. The Morgan fingerprint density at radius 1 is 0.682 bits per heavy atom. The van der Waals surface area contributed by atoms with E-state index in [1.165, 1.54) is 6.92 Å². The summed E-state index contributed by atoms with van der Waals surface area (Å²) in [6, 6.07) is 1.75. The molecule has 0 aromatic carbocycles. The third-order valence-electron chi connectivity index (χ3n) is 0. The van der Waals surface area contributed by atoms with Crippen LogP contribution in [0.3, 0.4) is 0 Å². The molecule has 0 bridgehead atoms. The van der Waals surface area contributed by atoms with Crippen LogP contribution in [0.15, 0.2) is 0 Å². The zero-order chi connectivity index (χ0) is 7.21. The Hall–Kier alpha value is 1.12. The molecule has 20 heteroatoms. The van der Waals surface area contributed by atoms with Gasteiger partial charge in [0.05, 0.1) is 6.07 Å². The molecule has 0 amide bonds. The maximum atomic E-state index is 8.88. The Morgan fingerprint density at radius 2 is 0.682 bits per heavy atom. The Balaban J connectivity index is -0.00000000115. The van der Waals surface area contributed by atoms with Crippen LogP contribution in [-0.4, -0.2) is 80.4 Å². The summed E-state index contributed by atoms with van der Waals surface area (Å²) in [4.78, 5) is 21.6. The number of phosphoric acid groups is 1. The first-order valence-corrected chi connectivity index (χ1v) is 3.07. The second-order valence-corrected chi connectivity index (χ2v) is 1.76. The van der Waals surface area contributed by atoms with Gasteiger partial charge in [0.15, 0.2) is 0 Å². The molecular formula is C2H32NNa2O16P. The van der Waals surface area contributed by atoms with Crippen LogP contribution in [0.2, 0.25) is 0 Å². The van der Waals surface area contributed by atoms with Gasteiger partial charge in [-0.1, -0.05) is 0 Å². The molecule has 22 heavy (non-hydrogen) atoms. The molecule has 0 heterocycles. The summed E-state index contributed by atoms with van der Waals surface area (Å²) in [5.41, 5.74) is 0. The van der Waals surface area contributed by atoms with Crippen molar-refractivity contribution < 1.29 is 147 Å². The molecule has 17 nitrogen and oxygen atoms in total. The molecule has 0 aromatic heterocycles. The SMILES string of the molecule is CC#N.O.O.O.O.O.O.O.O.O.O.O.O.O=P(O)(O)O.[H-].[H-].[Na+].[Na+]. The van der Waals surface area contributed by atoms with E-state index in [-0.39, 0.29) is 128 Å². The van der Waals surface area contributed by atoms with Gasteiger partial charge in [-0.2, -0.15) is 5.26 Å². The van der Waals surface area contributed by atoms with Crippen LogP contribution in [-0.2, 0) is 4.57 Å². The fourth-order valence-electron chi connectivity index (χ4n) is 0. The van der Waals surface area contributed by atoms with E-state index in [0.29, 0.717) is 0 Å². The predicted molar refractivity (Wildman–Crippen MR) is 71.1 cm³/mol. The minimum Gasteiger partial charge on any atom is -1.00 e. The molecule has 0 aromatic rings. The van der Waals surface area contributed by atoms with Gasteiger partial charge >= 0.3 is 66.9 Å². The van der Waals surface area contributed by atoms with Crippen molar-refractivity contribution in [3.8, 4) is 6.07 Å². The minimum absolute atomic E-state index is 0. The molecule has 0 fully saturated rings. The van der Waals surface area contributed by atoms with E-state index < -0.39 is 7.82 Å². The van der Waals surface area contributed by atoms with E-state index in [4.69, 9.17) is 24.5 Å². The molecular weight excluding hydrogens is 371 g/mol. The minimum atomic E-state index is -4.64. The maximum Gasteiger partial charge on any atom is 1.00 e. The number of hydrogen-bond donors (Lipinski definition) is 3. The Labute approximate surface area is 172 Å². The van der Waals surface area contributed by atoms with Crippen molar-refractivity contribution in [1.29, 1.82) is 5.26 Å². The van der Waals surface area contributed by atoms with Gasteiger partial charge in [-0.05, 0) is 0 Å². The molecule has 0 aliphatic rings. The second-order valence-electron chi connectivity index (χ2n) is 0.737. The van der Waals surface area contributed by atoms with Crippen LogP contribution in [0.1, 0.15) is 9.78 Å². The average molecular weight is 403 g/mol. The zero-order valence-electron chi connectivity index (χ0n) is 14.1. The molecule has 0 saturated carbocycles. The molecule has 0 saturated heterocycles. The summed E-state index contributed by atoms with van der Waals surface area (Å²) in [7, 11) is -4.64. The summed E-state index contributed by atoms with van der Waals surface area (Å²) in [5.74, 6) is 0. The zero-order valence-corrected chi connectivity index (χ0v) is 17.0. The smallest absolute Gasteiger partial charge is 1.00 e. The van der Waals surface area contributed by atoms with Gasteiger partial charge in [-0.15, -0.1) is 0 Å². The molecule has 0 aliphatic heterocycles. The first-order valence-electron chi connectivity index (χ1n) is 1.51. The van der Waals surface area contributed by atoms with Gasteiger partial charge in [-0.25, -0.2) is 4.57 Å². The summed E-state index contributed by atoms with van der Waals surface area (Å²) in [6.45, 7) is 1.43. The van der Waals surface area contributed by atoms with E-state index in [0.717, 1.165) is 0 Å². The molecule has 0 rings (SSSR count). The predicted octanol–water partition coefficient (Wildman–Crippen LogP) is -16.1. The normalized spacial score (nSPS) is 3.05. The summed E-state index contributed by atoms with van der Waals surface area (Å²) in [5, 5.41) is 7.32. The maximum absolute atomic E-state index is 8.88. The van der Waals surface area contributed by atoms with Crippen LogP contribution < -0.4 is 59.1 Å². The molecule has 0 unspecified atom stereocenters. The standard InChI is InChI=1S/C2H3N.2Na.H3O4P.12H2O.2H/c1-2-3;;;1-5(2,3)4;;;;;;;;;;;;;;/h1H3;;;(H3,1,2,3,4);12*1H2;;/q;2*+1;;;;;;;;;;;;;;2*-1. The van der Waals surface area contributed by atoms with Crippen molar-refractivity contribution in [2.45, 2.75) is 6.92 Å². The Morgan fingerprint density at radius 3 is 0.682 bits per heavy atom. The monoisotopic (exact) mass is 403 g/mol. The second kappa shape index (κ2) is 150. The van der Waals surface area contributed by atoms with Crippen LogP contribution in [0.25, 0.3) is 0 Å². The first kappa shape index (κ1) is 223. The third kappa shape index (κ3) is 6820. The summed E-state index contributed by atoms with van der Waals surface area (Å²) < 4.78 is 8.88. The van der Waals surface area contributed by atoms with E-state index in [2.05, 4.69) is 0 Å². The molecule has 0 spiro atoms. The molecule has 0 aliphatic carbocycles. The van der Waals surface area contributed by atoms with Crippen molar-refractivity contribution in [1.82, 2.24) is 0 Å². The van der Waals surface area contributed by atoms with Gasteiger partial charge in [0.2, 0.25) is 0 Å². The number of nitriles is 1. The quantitative estimate of drug-likeness (QED) is 0.261. The van der Waals surface area contributed by atoms with E-state index in [1.54, 1.807) is 6.07 Å². The van der Waals surface area contributed by atoms with Gasteiger partial charge in [0, 0.05) is 6.92 Å². The van der Waals surface area contributed by atoms with Gasteiger partial charge < -0.3 is 83.2 Å². The van der Waals surface area contributed by atoms with Crippen molar-refractivity contribution in [3.05, 3.63) is 0 Å². The molecule has 0 radical (unpaired) electrons. The van der Waals surface area contributed by atoms with Crippen LogP contribution >= 0.6 is 7.82 Å². The van der Waals surface area contributed by atoms with Crippen molar-refractivity contribution in [3.63, 3.8) is 0 Å². The Bertz CT molecular complexity index is 138. The first-order chi connectivity index (χ1) is 3.41.